The van der Waals surface area contributed by atoms with Crippen LogP contribution in [0.3, 0.4) is 0 Å². The Labute approximate surface area is 88.0 Å². The van der Waals surface area contributed by atoms with Crippen LogP contribution in [0.25, 0.3) is 0 Å². The van der Waals surface area contributed by atoms with E-state index in [0.717, 1.165) is 25.9 Å². The van der Waals surface area contributed by atoms with Crippen LogP contribution in [-0.2, 0) is 9.47 Å². The number of rotatable bonds is 8. The highest BCUT2D eigenvalue weighted by Gasteiger charge is 2.21. The van der Waals surface area contributed by atoms with Gasteiger partial charge in [-0.05, 0) is 26.2 Å². The first-order valence-electron chi connectivity index (χ1n) is 5.47. The molecule has 0 bridgehead atoms. The summed E-state index contributed by atoms with van der Waals surface area (Å²) in [6, 6.07) is 0. The van der Waals surface area contributed by atoms with Crippen molar-refractivity contribution in [1.29, 1.82) is 0 Å². The molecule has 3 heteroatoms. The lowest BCUT2D eigenvalue weighted by molar-refractivity contribution is 0.0104. The molecule has 86 valence electrons. The summed E-state index contributed by atoms with van der Waals surface area (Å²) in [5.41, 5.74) is 5.97. The molecule has 0 saturated heterocycles. The average Bonchev–Trinajstić information content (AvgIpc) is 2.23. The van der Waals surface area contributed by atoms with Gasteiger partial charge in [-0.2, -0.15) is 0 Å². The quantitative estimate of drug-likeness (QED) is 0.655. The van der Waals surface area contributed by atoms with Crippen molar-refractivity contribution in [2.45, 2.75) is 51.7 Å². The fourth-order valence-electron chi connectivity index (χ4n) is 1.13. The molecule has 0 aromatic carbocycles. The number of methoxy groups -OCH3 is 1. The first kappa shape index (κ1) is 13.9. The molecule has 3 nitrogen and oxygen atoms in total. The minimum Gasteiger partial charge on any atom is -0.385 e. The Balaban J connectivity index is 3.68. The number of hydrogen-bond donors (Lipinski definition) is 1. The number of ether oxygens (including phenoxy) is 2. The highest BCUT2D eigenvalue weighted by Crippen LogP contribution is 2.13. The molecule has 0 heterocycles. The summed E-state index contributed by atoms with van der Waals surface area (Å²) in [4.78, 5) is 0. The molecule has 1 atom stereocenters. The Bertz CT molecular complexity index is 135. The van der Waals surface area contributed by atoms with Crippen molar-refractivity contribution in [2.24, 2.45) is 5.73 Å². The van der Waals surface area contributed by atoms with Crippen LogP contribution in [0.4, 0.5) is 0 Å². The van der Waals surface area contributed by atoms with Crippen molar-refractivity contribution in [3.8, 4) is 0 Å². The molecule has 2 N–H and O–H groups in total. The van der Waals surface area contributed by atoms with Crippen LogP contribution in [0.15, 0.2) is 0 Å². The van der Waals surface area contributed by atoms with Crippen molar-refractivity contribution in [3.63, 3.8) is 0 Å². The van der Waals surface area contributed by atoms with Gasteiger partial charge in [-0.1, -0.05) is 13.8 Å². The van der Waals surface area contributed by atoms with Crippen LogP contribution >= 0.6 is 0 Å². The zero-order valence-electron chi connectivity index (χ0n) is 10.0. The standard InChI is InChI=1S/C11H25NO2/c1-5-11(12,6-2)9-14-10(3)7-8-13-4/h10H,5-9,12H2,1-4H3. The average molecular weight is 203 g/mol. The number of nitrogens with two attached hydrogens (primary N) is 1. The van der Waals surface area contributed by atoms with Gasteiger partial charge in [0.2, 0.25) is 0 Å². The lowest BCUT2D eigenvalue weighted by atomic mass is 9.95. The van der Waals surface area contributed by atoms with E-state index >= 15 is 0 Å². The summed E-state index contributed by atoms with van der Waals surface area (Å²) in [5, 5.41) is 0. The van der Waals surface area contributed by atoms with Crippen molar-refractivity contribution >= 4 is 0 Å². The molecule has 0 radical (unpaired) electrons. The molecule has 0 aromatic heterocycles. The molecule has 0 amide bonds. The van der Waals surface area contributed by atoms with E-state index in [0.29, 0.717) is 6.61 Å². The summed E-state index contributed by atoms with van der Waals surface area (Å²) in [5.74, 6) is 0. The summed E-state index contributed by atoms with van der Waals surface area (Å²) >= 11 is 0. The van der Waals surface area contributed by atoms with Gasteiger partial charge in [0.1, 0.15) is 0 Å². The molecule has 0 aliphatic carbocycles. The predicted octanol–water partition coefficient (Wildman–Crippen LogP) is 1.95. The lowest BCUT2D eigenvalue weighted by Crippen LogP contribution is -2.44. The van der Waals surface area contributed by atoms with Gasteiger partial charge in [-0.15, -0.1) is 0 Å². The van der Waals surface area contributed by atoms with E-state index in [2.05, 4.69) is 20.8 Å². The molecule has 0 fully saturated rings. The predicted molar refractivity (Wildman–Crippen MR) is 59.4 cm³/mol. The van der Waals surface area contributed by atoms with Crippen molar-refractivity contribution < 1.29 is 9.47 Å². The van der Waals surface area contributed by atoms with Crippen molar-refractivity contribution in [2.75, 3.05) is 20.3 Å². The Morgan fingerprint density at radius 2 is 1.86 bits per heavy atom. The third-order valence-electron chi connectivity index (χ3n) is 2.79. The molecular weight excluding hydrogens is 178 g/mol. The van der Waals surface area contributed by atoms with Crippen molar-refractivity contribution in [3.05, 3.63) is 0 Å². The molecule has 0 aliphatic heterocycles. The molecule has 0 aromatic rings. The third kappa shape index (κ3) is 5.58. The van der Waals surface area contributed by atoms with Gasteiger partial charge >= 0.3 is 0 Å². The van der Waals surface area contributed by atoms with Crippen LogP contribution < -0.4 is 5.73 Å². The first-order valence-corrected chi connectivity index (χ1v) is 5.47. The molecular formula is C11H25NO2. The summed E-state index contributed by atoms with van der Waals surface area (Å²) < 4.78 is 10.7. The summed E-state index contributed by atoms with van der Waals surface area (Å²) in [7, 11) is 1.71. The van der Waals surface area contributed by atoms with Crippen LogP contribution in [-0.4, -0.2) is 32.0 Å². The van der Waals surface area contributed by atoms with Gasteiger partial charge in [0.25, 0.3) is 0 Å². The van der Waals surface area contributed by atoms with E-state index in [1.807, 2.05) is 0 Å². The van der Waals surface area contributed by atoms with Gasteiger partial charge in [0, 0.05) is 19.3 Å². The minimum absolute atomic E-state index is 0.151. The normalized spacial score (nSPS) is 14.4. The maximum absolute atomic E-state index is 6.12. The molecule has 1 unspecified atom stereocenters. The van der Waals surface area contributed by atoms with E-state index in [1.165, 1.54) is 0 Å². The van der Waals surface area contributed by atoms with Gasteiger partial charge in [-0.3, -0.25) is 0 Å². The van der Waals surface area contributed by atoms with Gasteiger partial charge < -0.3 is 15.2 Å². The smallest absolute Gasteiger partial charge is 0.0649 e. The van der Waals surface area contributed by atoms with Gasteiger partial charge in [0.05, 0.1) is 12.7 Å². The maximum Gasteiger partial charge on any atom is 0.0649 e. The maximum atomic E-state index is 6.12. The zero-order valence-corrected chi connectivity index (χ0v) is 10.0. The van der Waals surface area contributed by atoms with E-state index in [-0.39, 0.29) is 11.6 Å². The summed E-state index contributed by atoms with van der Waals surface area (Å²) in [6.07, 6.45) is 3.08. The SMILES string of the molecule is CCC(N)(CC)COC(C)CCOC. The van der Waals surface area contributed by atoms with Gasteiger partial charge in [0.15, 0.2) is 0 Å². The second-order valence-corrected chi connectivity index (χ2v) is 3.97. The van der Waals surface area contributed by atoms with E-state index in [4.69, 9.17) is 15.2 Å². The monoisotopic (exact) mass is 203 g/mol. The Morgan fingerprint density at radius 1 is 1.29 bits per heavy atom. The minimum atomic E-state index is -0.151. The molecule has 0 spiro atoms. The van der Waals surface area contributed by atoms with E-state index < -0.39 is 0 Å². The molecule has 14 heavy (non-hydrogen) atoms. The second kappa shape index (κ2) is 7.21. The fourth-order valence-corrected chi connectivity index (χ4v) is 1.13. The zero-order chi connectivity index (χ0) is 11.0. The molecule has 0 rings (SSSR count). The Kier molecular flexibility index (Phi) is 7.15. The lowest BCUT2D eigenvalue weighted by Gasteiger charge is -2.28. The fraction of sp³-hybridized carbons (Fsp3) is 1.00. The third-order valence-corrected chi connectivity index (χ3v) is 2.79. The topological polar surface area (TPSA) is 44.5 Å². The number of hydrogen-bond acceptors (Lipinski definition) is 3. The van der Waals surface area contributed by atoms with Gasteiger partial charge in [-0.25, -0.2) is 0 Å². The largest absolute Gasteiger partial charge is 0.385 e. The van der Waals surface area contributed by atoms with Crippen LogP contribution in [0.2, 0.25) is 0 Å². The van der Waals surface area contributed by atoms with E-state index in [9.17, 15) is 0 Å². The molecule has 0 saturated carbocycles. The van der Waals surface area contributed by atoms with Crippen LogP contribution in [0.5, 0.6) is 0 Å². The highest BCUT2D eigenvalue weighted by atomic mass is 16.5. The Hall–Kier alpha value is -0.120. The van der Waals surface area contributed by atoms with Crippen molar-refractivity contribution in [1.82, 2.24) is 0 Å². The Morgan fingerprint density at radius 3 is 2.29 bits per heavy atom. The van der Waals surface area contributed by atoms with Crippen LogP contribution in [0, 0.1) is 0 Å². The summed E-state index contributed by atoms with van der Waals surface area (Å²) in [6.45, 7) is 7.66. The second-order valence-electron chi connectivity index (χ2n) is 3.97. The molecule has 0 aliphatic rings. The van der Waals surface area contributed by atoms with Crippen LogP contribution in [0.1, 0.15) is 40.0 Å². The highest BCUT2D eigenvalue weighted by molar-refractivity contribution is 4.80. The van der Waals surface area contributed by atoms with E-state index in [1.54, 1.807) is 7.11 Å². The first-order chi connectivity index (χ1) is 6.58.